The number of rotatable bonds is 9. The first-order valence-corrected chi connectivity index (χ1v) is 10.2. The summed E-state index contributed by atoms with van der Waals surface area (Å²) in [6.07, 6.45) is 0. The van der Waals surface area contributed by atoms with Crippen molar-refractivity contribution >= 4 is 52.1 Å². The van der Waals surface area contributed by atoms with Crippen molar-refractivity contribution < 1.29 is 14.3 Å². The molecule has 0 fully saturated rings. The van der Waals surface area contributed by atoms with E-state index >= 15 is 0 Å². The minimum Gasteiger partial charge on any atom is -0.490 e. The molecular formula is C22H19Cl3N2O3. The highest BCUT2D eigenvalue weighted by Gasteiger charge is 2.10. The molecule has 3 aromatic carbocycles. The Labute approximate surface area is 189 Å². The number of halogens is 3. The molecule has 3 aromatic rings. The molecule has 5 nitrogen and oxygen atoms in total. The van der Waals surface area contributed by atoms with Gasteiger partial charge in [-0.05, 0) is 36.4 Å². The van der Waals surface area contributed by atoms with E-state index in [-0.39, 0.29) is 12.5 Å². The molecule has 0 aliphatic heterocycles. The maximum Gasteiger partial charge on any atom is 0.243 e. The molecule has 0 aliphatic carbocycles. The van der Waals surface area contributed by atoms with Gasteiger partial charge in [-0.3, -0.25) is 4.79 Å². The second-order valence-electron chi connectivity index (χ2n) is 6.15. The van der Waals surface area contributed by atoms with Crippen molar-refractivity contribution in [2.45, 2.75) is 0 Å². The van der Waals surface area contributed by atoms with Gasteiger partial charge in [-0.1, -0.05) is 65.1 Å². The summed E-state index contributed by atoms with van der Waals surface area (Å²) < 4.78 is 11.4. The van der Waals surface area contributed by atoms with Gasteiger partial charge in [-0.25, -0.2) is 0 Å². The fraction of sp³-hybridized carbons (Fsp3) is 0.136. The minimum atomic E-state index is -0.294. The summed E-state index contributed by atoms with van der Waals surface area (Å²) in [5.74, 6) is 1.11. The van der Waals surface area contributed by atoms with Crippen molar-refractivity contribution in [3.05, 3.63) is 81.8 Å². The van der Waals surface area contributed by atoms with E-state index in [9.17, 15) is 4.79 Å². The van der Waals surface area contributed by atoms with Crippen LogP contribution < -0.4 is 20.1 Å². The van der Waals surface area contributed by atoms with E-state index in [4.69, 9.17) is 44.3 Å². The highest BCUT2D eigenvalue weighted by atomic mass is 35.5. The molecule has 0 saturated carbocycles. The third-order valence-corrected chi connectivity index (χ3v) is 5.00. The standard InChI is InChI=1S/C22H19Cl3N2O3/c23-16-12-18(25)20(13-17(16)24)27-22(28)14-26-19-8-4-5-9-21(19)30-11-10-29-15-6-2-1-3-7-15/h1-9,12-13,26H,10-11,14H2,(H,27,28). The van der Waals surface area contributed by atoms with Crippen molar-refractivity contribution in [2.24, 2.45) is 0 Å². The van der Waals surface area contributed by atoms with Crippen LogP contribution in [0.2, 0.25) is 15.1 Å². The number of amides is 1. The summed E-state index contributed by atoms with van der Waals surface area (Å²) in [4.78, 5) is 12.3. The molecule has 0 heterocycles. The molecule has 0 radical (unpaired) electrons. The largest absolute Gasteiger partial charge is 0.490 e. The molecule has 0 aliphatic rings. The summed E-state index contributed by atoms with van der Waals surface area (Å²) in [7, 11) is 0. The normalized spacial score (nSPS) is 10.4. The van der Waals surface area contributed by atoms with Crippen molar-refractivity contribution in [3.63, 3.8) is 0 Å². The Morgan fingerprint density at radius 3 is 2.23 bits per heavy atom. The lowest BCUT2D eigenvalue weighted by molar-refractivity contribution is -0.114. The van der Waals surface area contributed by atoms with E-state index < -0.39 is 0 Å². The van der Waals surface area contributed by atoms with Crippen LogP contribution >= 0.6 is 34.8 Å². The number of ether oxygens (including phenoxy) is 2. The first kappa shape index (κ1) is 22.1. The van der Waals surface area contributed by atoms with Gasteiger partial charge in [-0.15, -0.1) is 0 Å². The van der Waals surface area contributed by atoms with Crippen LogP contribution in [0.1, 0.15) is 0 Å². The molecule has 0 bridgehead atoms. The summed E-state index contributed by atoms with van der Waals surface area (Å²) in [6.45, 7) is 0.769. The van der Waals surface area contributed by atoms with E-state index in [1.807, 2.05) is 54.6 Å². The Kier molecular flexibility index (Phi) is 8.08. The van der Waals surface area contributed by atoms with Crippen molar-refractivity contribution in [2.75, 3.05) is 30.4 Å². The maximum atomic E-state index is 12.3. The third-order valence-electron chi connectivity index (χ3n) is 3.96. The summed E-state index contributed by atoms with van der Waals surface area (Å²) in [6, 6.07) is 19.8. The number of para-hydroxylation sites is 3. The second-order valence-corrected chi connectivity index (χ2v) is 7.38. The van der Waals surface area contributed by atoms with Gasteiger partial charge in [0.25, 0.3) is 0 Å². The molecule has 0 aromatic heterocycles. The number of hydrogen-bond acceptors (Lipinski definition) is 4. The van der Waals surface area contributed by atoms with E-state index in [0.717, 1.165) is 5.75 Å². The number of carbonyl (C=O) groups excluding carboxylic acids is 1. The molecule has 156 valence electrons. The van der Waals surface area contributed by atoms with E-state index in [2.05, 4.69) is 10.6 Å². The van der Waals surface area contributed by atoms with E-state index in [1.165, 1.54) is 12.1 Å². The quantitative estimate of drug-likeness (QED) is 0.294. The Morgan fingerprint density at radius 1 is 0.767 bits per heavy atom. The van der Waals surface area contributed by atoms with Crippen molar-refractivity contribution in [1.82, 2.24) is 0 Å². The Hall–Kier alpha value is -2.60. The number of carbonyl (C=O) groups is 1. The SMILES string of the molecule is O=C(CNc1ccccc1OCCOc1ccccc1)Nc1cc(Cl)c(Cl)cc1Cl. The fourth-order valence-corrected chi connectivity index (χ4v) is 3.15. The van der Waals surface area contributed by atoms with Crippen LogP contribution in [-0.4, -0.2) is 25.7 Å². The molecule has 0 atom stereocenters. The molecule has 1 amide bonds. The molecule has 0 saturated heterocycles. The van der Waals surface area contributed by atoms with E-state index in [0.29, 0.717) is 45.4 Å². The van der Waals surface area contributed by atoms with Crippen LogP contribution in [-0.2, 0) is 4.79 Å². The Bertz CT molecular complexity index is 1000. The lowest BCUT2D eigenvalue weighted by Crippen LogP contribution is -2.22. The minimum absolute atomic E-state index is 0.0114. The van der Waals surface area contributed by atoms with Gasteiger partial charge in [-0.2, -0.15) is 0 Å². The lowest BCUT2D eigenvalue weighted by atomic mass is 10.3. The lowest BCUT2D eigenvalue weighted by Gasteiger charge is -2.14. The number of nitrogens with one attached hydrogen (secondary N) is 2. The molecule has 2 N–H and O–H groups in total. The smallest absolute Gasteiger partial charge is 0.243 e. The highest BCUT2D eigenvalue weighted by molar-refractivity contribution is 6.44. The van der Waals surface area contributed by atoms with Crippen molar-refractivity contribution in [1.29, 1.82) is 0 Å². The van der Waals surface area contributed by atoms with E-state index in [1.54, 1.807) is 0 Å². The average molecular weight is 466 g/mol. The monoisotopic (exact) mass is 464 g/mol. The average Bonchev–Trinajstić information content (AvgIpc) is 2.75. The molecule has 3 rings (SSSR count). The number of anilines is 2. The maximum absolute atomic E-state index is 12.3. The van der Waals surface area contributed by atoms with Gasteiger partial charge in [0.05, 0.1) is 33.0 Å². The predicted molar refractivity (Wildman–Crippen MR) is 122 cm³/mol. The Balaban J connectivity index is 1.50. The van der Waals surface area contributed by atoms with Crippen LogP contribution in [0.3, 0.4) is 0 Å². The van der Waals surface area contributed by atoms with Crippen LogP contribution in [0.4, 0.5) is 11.4 Å². The van der Waals surface area contributed by atoms with Crippen LogP contribution in [0.15, 0.2) is 66.7 Å². The number of hydrogen-bond donors (Lipinski definition) is 2. The van der Waals surface area contributed by atoms with Gasteiger partial charge in [0.1, 0.15) is 24.7 Å². The summed E-state index contributed by atoms with van der Waals surface area (Å²) in [5, 5.41) is 6.69. The van der Waals surface area contributed by atoms with Gasteiger partial charge >= 0.3 is 0 Å². The zero-order valence-corrected chi connectivity index (χ0v) is 18.1. The molecule has 30 heavy (non-hydrogen) atoms. The number of benzene rings is 3. The summed E-state index contributed by atoms with van der Waals surface area (Å²) in [5.41, 5.74) is 1.08. The second kappa shape index (κ2) is 11.0. The van der Waals surface area contributed by atoms with Gasteiger partial charge in [0.15, 0.2) is 0 Å². The highest BCUT2D eigenvalue weighted by Crippen LogP contribution is 2.32. The zero-order valence-electron chi connectivity index (χ0n) is 15.8. The van der Waals surface area contributed by atoms with Gasteiger partial charge in [0, 0.05) is 0 Å². The molecule has 0 spiro atoms. The fourth-order valence-electron chi connectivity index (χ4n) is 2.55. The van der Waals surface area contributed by atoms with Gasteiger partial charge < -0.3 is 20.1 Å². The Morgan fingerprint density at radius 2 is 1.43 bits per heavy atom. The summed E-state index contributed by atoms with van der Waals surface area (Å²) >= 11 is 18.0. The first-order chi connectivity index (χ1) is 14.5. The first-order valence-electron chi connectivity index (χ1n) is 9.11. The molecular weight excluding hydrogens is 447 g/mol. The van der Waals surface area contributed by atoms with Gasteiger partial charge in [0.2, 0.25) is 5.91 Å². The van der Waals surface area contributed by atoms with Crippen LogP contribution in [0.25, 0.3) is 0 Å². The van der Waals surface area contributed by atoms with Crippen molar-refractivity contribution in [3.8, 4) is 11.5 Å². The third kappa shape index (κ3) is 6.46. The molecule has 8 heteroatoms. The van der Waals surface area contributed by atoms with Crippen LogP contribution in [0.5, 0.6) is 11.5 Å². The molecule has 0 unspecified atom stereocenters. The topological polar surface area (TPSA) is 59.6 Å². The zero-order chi connectivity index (χ0) is 21.3. The van der Waals surface area contributed by atoms with Crippen LogP contribution in [0, 0.1) is 0 Å². The predicted octanol–water partition coefficient (Wildman–Crippen LogP) is 6.16.